The zero-order valence-corrected chi connectivity index (χ0v) is 11.0. The van der Waals surface area contributed by atoms with Crippen LogP contribution in [0.15, 0.2) is 0 Å². The fourth-order valence-electron chi connectivity index (χ4n) is 2.10. The van der Waals surface area contributed by atoms with Gasteiger partial charge in [0, 0.05) is 13.7 Å². The molecule has 1 aliphatic heterocycles. The molecule has 0 spiro atoms. The molecule has 3 atom stereocenters. The molecule has 94 valence electrons. The van der Waals surface area contributed by atoms with E-state index in [0.717, 1.165) is 6.42 Å². The van der Waals surface area contributed by atoms with E-state index in [9.17, 15) is 4.79 Å². The molecular formula is C12H24N2O2. The molecule has 0 aromatic carbocycles. The van der Waals surface area contributed by atoms with Gasteiger partial charge in [-0.3, -0.25) is 10.1 Å². The highest BCUT2D eigenvalue weighted by Gasteiger charge is 2.39. The lowest BCUT2D eigenvalue weighted by Crippen LogP contribution is -2.44. The van der Waals surface area contributed by atoms with Crippen molar-refractivity contribution >= 4 is 5.91 Å². The number of carbonyl (C=O) groups is 1. The van der Waals surface area contributed by atoms with Crippen molar-refractivity contribution in [2.24, 2.45) is 5.92 Å². The van der Waals surface area contributed by atoms with Gasteiger partial charge in [0.05, 0.1) is 18.3 Å². The minimum atomic E-state index is -0.0172. The average Bonchev–Trinajstić information content (AvgIpc) is 2.56. The van der Waals surface area contributed by atoms with Gasteiger partial charge in [0.25, 0.3) is 0 Å². The summed E-state index contributed by atoms with van der Waals surface area (Å²) in [7, 11) is 1.68. The Balaban J connectivity index is 2.72. The maximum Gasteiger partial charge on any atom is 0.241 e. The monoisotopic (exact) mass is 228 g/mol. The molecule has 1 N–H and O–H groups in total. The lowest BCUT2D eigenvalue weighted by molar-refractivity contribution is -0.132. The first-order valence-corrected chi connectivity index (χ1v) is 6.10. The predicted molar refractivity (Wildman–Crippen MR) is 64.0 cm³/mol. The molecule has 1 saturated heterocycles. The molecule has 0 aromatic heterocycles. The second-order valence-electron chi connectivity index (χ2n) is 4.85. The quantitative estimate of drug-likeness (QED) is 0.769. The lowest BCUT2D eigenvalue weighted by atomic mass is 10.1. The first-order chi connectivity index (χ1) is 7.51. The first-order valence-electron chi connectivity index (χ1n) is 6.10. The van der Waals surface area contributed by atoms with E-state index in [1.165, 1.54) is 0 Å². The minimum absolute atomic E-state index is 0.0172. The van der Waals surface area contributed by atoms with E-state index in [0.29, 0.717) is 12.5 Å². The Morgan fingerprint density at radius 2 is 2.06 bits per heavy atom. The highest BCUT2D eigenvalue weighted by molar-refractivity contribution is 5.84. The summed E-state index contributed by atoms with van der Waals surface area (Å²) in [6, 6.07) is -0.0172. The van der Waals surface area contributed by atoms with E-state index in [2.05, 4.69) is 19.2 Å². The van der Waals surface area contributed by atoms with E-state index in [4.69, 9.17) is 4.74 Å². The largest absolute Gasteiger partial charge is 0.380 e. The third kappa shape index (κ3) is 2.74. The van der Waals surface area contributed by atoms with Crippen molar-refractivity contribution in [2.75, 3.05) is 13.7 Å². The molecule has 1 aliphatic rings. The fraction of sp³-hybridized carbons (Fsp3) is 0.917. The smallest absolute Gasteiger partial charge is 0.241 e. The van der Waals surface area contributed by atoms with Crippen LogP contribution in [0.25, 0.3) is 0 Å². The lowest BCUT2D eigenvalue weighted by Gasteiger charge is -2.29. The molecule has 0 radical (unpaired) electrons. The van der Waals surface area contributed by atoms with Crippen molar-refractivity contribution in [1.82, 2.24) is 10.2 Å². The van der Waals surface area contributed by atoms with Crippen LogP contribution >= 0.6 is 0 Å². The van der Waals surface area contributed by atoms with Gasteiger partial charge < -0.3 is 9.64 Å². The van der Waals surface area contributed by atoms with Gasteiger partial charge in [0.1, 0.15) is 0 Å². The van der Waals surface area contributed by atoms with Crippen LogP contribution in [-0.4, -0.2) is 42.8 Å². The van der Waals surface area contributed by atoms with Crippen molar-refractivity contribution in [3.8, 4) is 0 Å². The van der Waals surface area contributed by atoms with Crippen molar-refractivity contribution in [1.29, 1.82) is 0 Å². The van der Waals surface area contributed by atoms with Gasteiger partial charge in [0.15, 0.2) is 0 Å². The molecule has 0 aromatic rings. The molecule has 1 fully saturated rings. The van der Waals surface area contributed by atoms with Gasteiger partial charge in [-0.2, -0.15) is 0 Å². The van der Waals surface area contributed by atoms with E-state index >= 15 is 0 Å². The zero-order valence-electron chi connectivity index (χ0n) is 11.0. The molecule has 0 saturated carbocycles. The summed E-state index contributed by atoms with van der Waals surface area (Å²) in [4.78, 5) is 14.0. The Hall–Kier alpha value is -0.610. The standard InChI is InChI=1S/C12H24N2O2/c1-6-10-12(15)14(7-9(4)16-5)11(13-10)8(2)3/h8-11,13H,6-7H2,1-5H3. The number of ether oxygens (including phenoxy) is 1. The van der Waals surface area contributed by atoms with Crippen LogP contribution in [-0.2, 0) is 9.53 Å². The summed E-state index contributed by atoms with van der Waals surface area (Å²) in [5, 5.41) is 3.39. The van der Waals surface area contributed by atoms with Crippen molar-refractivity contribution in [3.05, 3.63) is 0 Å². The molecule has 1 heterocycles. The predicted octanol–water partition coefficient (Wildman–Crippen LogP) is 1.21. The second-order valence-corrected chi connectivity index (χ2v) is 4.85. The Kier molecular flexibility index (Phi) is 4.74. The topological polar surface area (TPSA) is 41.6 Å². The SMILES string of the molecule is CCC1NC(C(C)C)N(CC(C)OC)C1=O. The van der Waals surface area contributed by atoms with E-state index in [1.54, 1.807) is 7.11 Å². The normalized spacial score (nSPS) is 27.9. The number of carbonyl (C=O) groups excluding carboxylic acids is 1. The fourth-order valence-corrected chi connectivity index (χ4v) is 2.10. The van der Waals surface area contributed by atoms with Crippen LogP contribution in [0.1, 0.15) is 34.1 Å². The first kappa shape index (κ1) is 13.5. The molecule has 0 bridgehead atoms. The number of hydrogen-bond acceptors (Lipinski definition) is 3. The van der Waals surface area contributed by atoms with Gasteiger partial charge >= 0.3 is 0 Å². The molecule has 1 rings (SSSR count). The van der Waals surface area contributed by atoms with E-state index in [1.807, 2.05) is 18.7 Å². The number of methoxy groups -OCH3 is 1. The average molecular weight is 228 g/mol. The van der Waals surface area contributed by atoms with Gasteiger partial charge in [-0.05, 0) is 19.3 Å². The summed E-state index contributed by atoms with van der Waals surface area (Å²) >= 11 is 0. The van der Waals surface area contributed by atoms with Crippen LogP contribution in [0, 0.1) is 5.92 Å². The zero-order chi connectivity index (χ0) is 12.3. The number of nitrogens with zero attached hydrogens (tertiary/aromatic N) is 1. The van der Waals surface area contributed by atoms with E-state index in [-0.39, 0.29) is 24.2 Å². The van der Waals surface area contributed by atoms with Gasteiger partial charge in [-0.15, -0.1) is 0 Å². The van der Waals surface area contributed by atoms with Crippen LogP contribution in [0.5, 0.6) is 0 Å². The Morgan fingerprint density at radius 3 is 2.50 bits per heavy atom. The molecular weight excluding hydrogens is 204 g/mol. The summed E-state index contributed by atoms with van der Waals surface area (Å²) in [6.07, 6.45) is 1.08. The Labute approximate surface area is 98.3 Å². The van der Waals surface area contributed by atoms with Crippen molar-refractivity contribution in [3.63, 3.8) is 0 Å². The maximum atomic E-state index is 12.1. The second kappa shape index (κ2) is 5.64. The van der Waals surface area contributed by atoms with Crippen molar-refractivity contribution in [2.45, 2.75) is 52.4 Å². The van der Waals surface area contributed by atoms with Crippen LogP contribution in [0.3, 0.4) is 0 Å². The Bertz CT molecular complexity index is 243. The molecule has 3 unspecified atom stereocenters. The highest BCUT2D eigenvalue weighted by Crippen LogP contribution is 2.19. The number of hydrogen-bond donors (Lipinski definition) is 1. The van der Waals surface area contributed by atoms with Crippen LogP contribution in [0.2, 0.25) is 0 Å². The van der Waals surface area contributed by atoms with Crippen LogP contribution < -0.4 is 5.32 Å². The molecule has 4 nitrogen and oxygen atoms in total. The molecule has 1 amide bonds. The Morgan fingerprint density at radius 1 is 1.44 bits per heavy atom. The minimum Gasteiger partial charge on any atom is -0.380 e. The highest BCUT2D eigenvalue weighted by atomic mass is 16.5. The van der Waals surface area contributed by atoms with Crippen LogP contribution in [0.4, 0.5) is 0 Å². The molecule has 16 heavy (non-hydrogen) atoms. The van der Waals surface area contributed by atoms with Gasteiger partial charge in [-0.25, -0.2) is 0 Å². The van der Waals surface area contributed by atoms with Gasteiger partial charge in [-0.1, -0.05) is 20.8 Å². The van der Waals surface area contributed by atoms with E-state index < -0.39 is 0 Å². The third-order valence-corrected chi connectivity index (χ3v) is 3.18. The number of amides is 1. The van der Waals surface area contributed by atoms with Gasteiger partial charge in [0.2, 0.25) is 5.91 Å². The summed E-state index contributed by atoms with van der Waals surface area (Å²) in [5.41, 5.74) is 0. The third-order valence-electron chi connectivity index (χ3n) is 3.18. The summed E-state index contributed by atoms with van der Waals surface area (Å²) in [5.74, 6) is 0.634. The molecule has 4 heteroatoms. The maximum absolute atomic E-state index is 12.1. The number of rotatable bonds is 5. The van der Waals surface area contributed by atoms with Crippen molar-refractivity contribution < 1.29 is 9.53 Å². The molecule has 0 aliphatic carbocycles. The summed E-state index contributed by atoms with van der Waals surface area (Å²) < 4.78 is 5.24. The summed E-state index contributed by atoms with van der Waals surface area (Å²) in [6.45, 7) is 8.96. The number of nitrogens with one attached hydrogen (secondary N) is 1.